The molecule has 0 aliphatic rings. The maximum Gasteiger partial charge on any atom is 0.174 e. The van der Waals surface area contributed by atoms with Gasteiger partial charge < -0.3 is 15.0 Å². The number of ether oxygens (including phenoxy) is 1. The number of hydrogen-bond donors (Lipinski definition) is 1. The van der Waals surface area contributed by atoms with Gasteiger partial charge in [0.2, 0.25) is 0 Å². The Bertz CT molecular complexity index is 469. The minimum absolute atomic E-state index is 0.350. The Morgan fingerprint density at radius 1 is 1.35 bits per heavy atom. The first-order valence-electron chi connectivity index (χ1n) is 5.48. The highest BCUT2D eigenvalue weighted by Crippen LogP contribution is 2.18. The van der Waals surface area contributed by atoms with Gasteiger partial charge in [0.05, 0.1) is 11.9 Å². The monoisotopic (exact) mass is 233 g/mol. The lowest BCUT2D eigenvalue weighted by molar-refractivity contribution is 0.246. The van der Waals surface area contributed by atoms with Crippen molar-refractivity contribution < 1.29 is 9.26 Å². The van der Waals surface area contributed by atoms with Crippen LogP contribution < -0.4 is 10.5 Å². The van der Waals surface area contributed by atoms with E-state index in [1.165, 1.54) is 0 Å². The SMILES string of the molecule is Cc1ccc(OCc2ccno2)c(CCN)n1. The third-order valence-corrected chi connectivity index (χ3v) is 2.31. The smallest absolute Gasteiger partial charge is 0.174 e. The Hall–Kier alpha value is -1.88. The van der Waals surface area contributed by atoms with Gasteiger partial charge in [0, 0.05) is 18.2 Å². The summed E-state index contributed by atoms with van der Waals surface area (Å²) in [5.74, 6) is 1.43. The van der Waals surface area contributed by atoms with Crippen molar-refractivity contribution in [3.8, 4) is 5.75 Å². The molecule has 5 nitrogen and oxygen atoms in total. The molecule has 0 spiro atoms. The molecule has 0 aliphatic heterocycles. The zero-order chi connectivity index (χ0) is 12.1. The topological polar surface area (TPSA) is 74.2 Å². The van der Waals surface area contributed by atoms with E-state index in [2.05, 4.69) is 10.1 Å². The van der Waals surface area contributed by atoms with Crippen molar-refractivity contribution in [3.63, 3.8) is 0 Å². The molecule has 0 amide bonds. The standard InChI is InChI=1S/C12H15N3O2/c1-9-2-3-12(11(15-9)4-6-13)16-8-10-5-7-14-17-10/h2-3,5,7H,4,6,8,13H2,1H3. The molecule has 90 valence electrons. The van der Waals surface area contributed by atoms with Crippen LogP contribution >= 0.6 is 0 Å². The van der Waals surface area contributed by atoms with Gasteiger partial charge in [0.1, 0.15) is 12.4 Å². The molecule has 0 aliphatic carbocycles. The van der Waals surface area contributed by atoms with Crippen LogP contribution in [0.4, 0.5) is 0 Å². The number of hydrogen-bond acceptors (Lipinski definition) is 5. The molecule has 17 heavy (non-hydrogen) atoms. The molecule has 0 saturated carbocycles. The summed E-state index contributed by atoms with van der Waals surface area (Å²) in [5, 5.41) is 3.62. The highest BCUT2D eigenvalue weighted by molar-refractivity contribution is 5.29. The molecule has 0 atom stereocenters. The molecule has 0 saturated heterocycles. The quantitative estimate of drug-likeness (QED) is 0.846. The van der Waals surface area contributed by atoms with Crippen LogP contribution in [0, 0.1) is 6.92 Å². The minimum Gasteiger partial charge on any atom is -0.484 e. The van der Waals surface area contributed by atoms with Gasteiger partial charge in [-0.2, -0.15) is 0 Å². The van der Waals surface area contributed by atoms with Crippen molar-refractivity contribution in [2.75, 3.05) is 6.54 Å². The molecule has 5 heteroatoms. The van der Waals surface area contributed by atoms with E-state index in [4.69, 9.17) is 15.0 Å². The van der Waals surface area contributed by atoms with Crippen molar-refractivity contribution >= 4 is 0 Å². The third kappa shape index (κ3) is 3.04. The lowest BCUT2D eigenvalue weighted by Crippen LogP contribution is -2.07. The van der Waals surface area contributed by atoms with Crippen LogP contribution in [-0.2, 0) is 13.0 Å². The van der Waals surface area contributed by atoms with E-state index in [9.17, 15) is 0 Å². The van der Waals surface area contributed by atoms with Crippen LogP contribution in [0.1, 0.15) is 17.1 Å². The fourth-order valence-corrected chi connectivity index (χ4v) is 1.51. The van der Waals surface area contributed by atoms with Crippen LogP contribution in [0.2, 0.25) is 0 Å². The van der Waals surface area contributed by atoms with E-state index in [0.717, 1.165) is 17.1 Å². The summed E-state index contributed by atoms with van der Waals surface area (Å²) < 4.78 is 10.6. The number of nitrogens with zero attached hydrogens (tertiary/aromatic N) is 2. The zero-order valence-corrected chi connectivity index (χ0v) is 9.72. The largest absolute Gasteiger partial charge is 0.484 e. The summed E-state index contributed by atoms with van der Waals surface area (Å²) in [6.07, 6.45) is 2.29. The van der Waals surface area contributed by atoms with E-state index in [1.54, 1.807) is 12.3 Å². The number of pyridine rings is 1. The first-order chi connectivity index (χ1) is 8.29. The van der Waals surface area contributed by atoms with Gasteiger partial charge in [-0.25, -0.2) is 0 Å². The predicted molar refractivity (Wildman–Crippen MR) is 62.6 cm³/mol. The Balaban J connectivity index is 2.08. The average Bonchev–Trinajstić information content (AvgIpc) is 2.81. The fraction of sp³-hybridized carbons (Fsp3) is 0.333. The molecule has 2 N–H and O–H groups in total. The molecular weight excluding hydrogens is 218 g/mol. The van der Waals surface area contributed by atoms with Crippen LogP contribution in [0.15, 0.2) is 28.9 Å². The summed E-state index contributed by atoms with van der Waals surface area (Å²) in [6, 6.07) is 5.59. The van der Waals surface area contributed by atoms with Crippen LogP contribution in [0.5, 0.6) is 5.75 Å². The summed E-state index contributed by atoms with van der Waals surface area (Å²) >= 11 is 0. The highest BCUT2D eigenvalue weighted by Gasteiger charge is 2.06. The number of rotatable bonds is 5. The van der Waals surface area contributed by atoms with Crippen molar-refractivity contribution in [1.29, 1.82) is 0 Å². The van der Waals surface area contributed by atoms with Crippen LogP contribution in [-0.4, -0.2) is 16.7 Å². The van der Waals surface area contributed by atoms with E-state index >= 15 is 0 Å². The van der Waals surface area contributed by atoms with E-state index < -0.39 is 0 Å². The molecule has 0 fully saturated rings. The maximum absolute atomic E-state index is 5.64. The Morgan fingerprint density at radius 2 is 2.24 bits per heavy atom. The van der Waals surface area contributed by atoms with E-state index in [1.807, 2.05) is 19.1 Å². The Labute approximate surface area is 99.6 Å². The van der Waals surface area contributed by atoms with Gasteiger partial charge in [0.15, 0.2) is 5.76 Å². The lowest BCUT2D eigenvalue weighted by atomic mass is 10.2. The van der Waals surface area contributed by atoms with Crippen LogP contribution in [0.25, 0.3) is 0 Å². The molecular formula is C12H15N3O2. The molecule has 0 aromatic carbocycles. The van der Waals surface area contributed by atoms with Gasteiger partial charge in [-0.15, -0.1) is 0 Å². The molecule has 0 radical (unpaired) electrons. The first-order valence-corrected chi connectivity index (χ1v) is 5.48. The Morgan fingerprint density at radius 3 is 2.94 bits per heavy atom. The van der Waals surface area contributed by atoms with Gasteiger partial charge in [0.25, 0.3) is 0 Å². The predicted octanol–water partition coefficient (Wildman–Crippen LogP) is 1.46. The molecule has 2 heterocycles. The number of aryl methyl sites for hydroxylation is 1. The second-order valence-electron chi connectivity index (χ2n) is 3.70. The van der Waals surface area contributed by atoms with E-state index in [0.29, 0.717) is 25.3 Å². The summed E-state index contributed by atoms with van der Waals surface area (Å²) in [6.45, 7) is 2.84. The van der Waals surface area contributed by atoms with Crippen LogP contribution in [0.3, 0.4) is 0 Å². The second kappa shape index (κ2) is 5.45. The molecule has 0 bridgehead atoms. The molecule has 2 aromatic heterocycles. The molecule has 2 aromatic rings. The average molecular weight is 233 g/mol. The number of aromatic nitrogens is 2. The van der Waals surface area contributed by atoms with Gasteiger partial charge in [-0.3, -0.25) is 4.98 Å². The molecule has 0 unspecified atom stereocenters. The first kappa shape index (κ1) is 11.6. The van der Waals surface area contributed by atoms with Gasteiger partial charge >= 0.3 is 0 Å². The summed E-state index contributed by atoms with van der Waals surface area (Å²) in [5.41, 5.74) is 7.39. The molecule has 2 rings (SSSR count). The van der Waals surface area contributed by atoms with Crippen molar-refractivity contribution in [1.82, 2.24) is 10.1 Å². The van der Waals surface area contributed by atoms with Crippen molar-refractivity contribution in [2.24, 2.45) is 5.73 Å². The third-order valence-electron chi connectivity index (χ3n) is 2.31. The summed E-state index contributed by atoms with van der Waals surface area (Å²) in [4.78, 5) is 4.41. The van der Waals surface area contributed by atoms with Gasteiger partial charge in [-0.1, -0.05) is 5.16 Å². The van der Waals surface area contributed by atoms with Crippen molar-refractivity contribution in [3.05, 3.63) is 41.5 Å². The van der Waals surface area contributed by atoms with Crippen molar-refractivity contribution in [2.45, 2.75) is 20.0 Å². The number of nitrogens with two attached hydrogens (primary N) is 1. The second-order valence-corrected chi connectivity index (χ2v) is 3.70. The highest BCUT2D eigenvalue weighted by atomic mass is 16.5. The Kier molecular flexibility index (Phi) is 3.72. The van der Waals surface area contributed by atoms with Gasteiger partial charge in [-0.05, 0) is 25.6 Å². The lowest BCUT2D eigenvalue weighted by Gasteiger charge is -2.09. The fourth-order valence-electron chi connectivity index (χ4n) is 1.51. The normalized spacial score (nSPS) is 10.5. The maximum atomic E-state index is 5.64. The minimum atomic E-state index is 0.350. The van der Waals surface area contributed by atoms with E-state index in [-0.39, 0.29) is 0 Å². The zero-order valence-electron chi connectivity index (χ0n) is 9.72. The summed E-state index contributed by atoms with van der Waals surface area (Å²) in [7, 11) is 0.